The van der Waals surface area contributed by atoms with E-state index in [4.69, 9.17) is 16.3 Å². The van der Waals surface area contributed by atoms with Crippen LogP contribution in [-0.4, -0.2) is 50.9 Å². The van der Waals surface area contributed by atoms with Crippen molar-refractivity contribution >= 4 is 23.5 Å². The summed E-state index contributed by atoms with van der Waals surface area (Å²) < 4.78 is 6.30. The molecule has 0 radical (unpaired) electrons. The second-order valence-corrected chi connectivity index (χ2v) is 8.26. The lowest BCUT2D eigenvalue weighted by Crippen LogP contribution is -2.39. The van der Waals surface area contributed by atoms with E-state index in [1.165, 1.54) is 19.4 Å². The van der Waals surface area contributed by atoms with Gasteiger partial charge in [-0.2, -0.15) is 0 Å². The predicted octanol–water partition coefficient (Wildman–Crippen LogP) is 2.26. The number of amides is 3. The van der Waals surface area contributed by atoms with Crippen LogP contribution in [0.25, 0.3) is 11.3 Å². The fourth-order valence-corrected chi connectivity index (χ4v) is 4.28. The van der Waals surface area contributed by atoms with Crippen molar-refractivity contribution in [2.75, 3.05) is 24.8 Å². The first kappa shape index (κ1) is 24.5. The maximum absolute atomic E-state index is 12.7. The Morgan fingerprint density at radius 1 is 1.19 bits per heavy atom. The Morgan fingerprint density at radius 2 is 1.94 bits per heavy atom. The van der Waals surface area contributed by atoms with Gasteiger partial charge in [-0.15, -0.1) is 0 Å². The summed E-state index contributed by atoms with van der Waals surface area (Å²) in [7, 11) is 1.52. The Hall–Kier alpha value is -4.67. The Morgan fingerprint density at radius 3 is 2.61 bits per heavy atom. The minimum atomic E-state index is -0.755. The lowest BCUT2D eigenvalue weighted by atomic mass is 10.0. The number of rotatable bonds is 7. The third kappa shape index (κ3) is 4.76. The van der Waals surface area contributed by atoms with Crippen LogP contribution in [0.2, 0.25) is 0 Å². The number of pyridine rings is 1. The number of aromatic nitrogens is 3. The molecule has 1 saturated heterocycles. The van der Waals surface area contributed by atoms with Gasteiger partial charge in [0, 0.05) is 29.9 Å². The van der Waals surface area contributed by atoms with Gasteiger partial charge in [-0.25, -0.2) is 14.6 Å². The van der Waals surface area contributed by atoms with Gasteiger partial charge in [0.15, 0.2) is 11.5 Å². The molecule has 36 heavy (non-hydrogen) atoms. The van der Waals surface area contributed by atoms with E-state index in [2.05, 4.69) is 21.9 Å². The summed E-state index contributed by atoms with van der Waals surface area (Å²) in [6, 6.07) is 9.36. The number of carbonyl (C=O) groups is 3. The van der Waals surface area contributed by atoms with Gasteiger partial charge in [0.05, 0.1) is 13.2 Å². The van der Waals surface area contributed by atoms with Crippen LogP contribution in [0.3, 0.4) is 0 Å². The van der Waals surface area contributed by atoms with Crippen molar-refractivity contribution in [3.05, 3.63) is 72.3 Å². The van der Waals surface area contributed by atoms with E-state index in [-0.39, 0.29) is 23.2 Å². The van der Waals surface area contributed by atoms with Crippen molar-refractivity contribution in [3.8, 4) is 17.0 Å². The standard InChI is InChI=1S/C25H27N7O4/c1-3-20(33)31-13-5-4-6-18(31)24-30-21(22(23(26)34)32(24)27)15-7-9-16(10-8-15)25(35)29-19-14-17(36-2)11-12-28-19/h3,7-12,14,18H,1,4-6,13,27H2,2H3,(H2,26,34)(H,28,29,35). The van der Waals surface area contributed by atoms with E-state index in [1.54, 1.807) is 41.3 Å². The van der Waals surface area contributed by atoms with E-state index in [9.17, 15) is 14.4 Å². The van der Waals surface area contributed by atoms with E-state index in [0.29, 0.717) is 41.5 Å². The molecule has 3 heterocycles. The summed E-state index contributed by atoms with van der Waals surface area (Å²) in [5.74, 6) is 6.18. The minimum absolute atomic E-state index is 0.0133. The smallest absolute Gasteiger partial charge is 0.269 e. The molecule has 3 amide bonds. The zero-order valence-corrected chi connectivity index (χ0v) is 19.8. The molecule has 0 aliphatic carbocycles. The zero-order valence-electron chi connectivity index (χ0n) is 19.8. The summed E-state index contributed by atoms with van der Waals surface area (Å²) in [6.45, 7) is 4.11. The molecule has 11 heteroatoms. The lowest BCUT2D eigenvalue weighted by Gasteiger charge is -2.34. The van der Waals surface area contributed by atoms with E-state index in [0.717, 1.165) is 17.5 Å². The molecule has 5 N–H and O–H groups in total. The number of nitrogens with zero attached hydrogens (tertiary/aromatic N) is 4. The number of piperidine rings is 1. The third-order valence-corrected chi connectivity index (χ3v) is 6.06. The number of likely N-dealkylation sites (tertiary alicyclic amines) is 1. The van der Waals surface area contributed by atoms with Gasteiger partial charge in [-0.05, 0) is 43.5 Å². The van der Waals surface area contributed by atoms with E-state index in [1.807, 2.05) is 0 Å². The van der Waals surface area contributed by atoms with Gasteiger partial charge in [0.1, 0.15) is 17.3 Å². The molecule has 1 unspecified atom stereocenters. The Kier molecular flexibility index (Phi) is 7.00. The molecule has 0 saturated carbocycles. The van der Waals surface area contributed by atoms with Crippen molar-refractivity contribution < 1.29 is 19.1 Å². The van der Waals surface area contributed by atoms with Crippen molar-refractivity contribution in [2.45, 2.75) is 25.3 Å². The number of nitrogen functional groups attached to an aromatic ring is 1. The molecule has 4 rings (SSSR count). The molecule has 0 bridgehead atoms. The van der Waals surface area contributed by atoms with Crippen molar-refractivity contribution in [1.29, 1.82) is 0 Å². The highest BCUT2D eigenvalue weighted by molar-refractivity contribution is 6.04. The van der Waals surface area contributed by atoms with Crippen LogP contribution in [0.5, 0.6) is 5.75 Å². The maximum atomic E-state index is 12.7. The van der Waals surface area contributed by atoms with Crippen molar-refractivity contribution in [1.82, 2.24) is 19.5 Å². The molecule has 1 aliphatic heterocycles. The average Bonchev–Trinajstić information content (AvgIpc) is 3.25. The molecular formula is C25H27N7O4. The number of carbonyl (C=O) groups excluding carboxylic acids is 3. The predicted molar refractivity (Wildman–Crippen MR) is 134 cm³/mol. The van der Waals surface area contributed by atoms with Gasteiger partial charge >= 0.3 is 0 Å². The first-order valence-electron chi connectivity index (χ1n) is 11.4. The summed E-state index contributed by atoms with van der Waals surface area (Å²) >= 11 is 0. The number of hydrogen-bond donors (Lipinski definition) is 3. The molecule has 2 aromatic heterocycles. The zero-order chi connectivity index (χ0) is 25.8. The molecule has 1 fully saturated rings. The Labute approximate surface area is 207 Å². The monoisotopic (exact) mass is 489 g/mol. The molecule has 1 aromatic carbocycles. The van der Waals surface area contributed by atoms with Crippen LogP contribution in [-0.2, 0) is 4.79 Å². The Balaban J connectivity index is 1.64. The highest BCUT2D eigenvalue weighted by Crippen LogP contribution is 2.33. The largest absolute Gasteiger partial charge is 0.497 e. The van der Waals surface area contributed by atoms with Crippen LogP contribution < -0.4 is 21.6 Å². The highest BCUT2D eigenvalue weighted by Gasteiger charge is 2.33. The number of benzene rings is 1. The number of primary amides is 1. The molecule has 1 atom stereocenters. The van der Waals surface area contributed by atoms with Gasteiger partial charge < -0.3 is 26.5 Å². The van der Waals surface area contributed by atoms with Gasteiger partial charge in [0.25, 0.3) is 11.8 Å². The van der Waals surface area contributed by atoms with E-state index >= 15 is 0 Å². The second-order valence-electron chi connectivity index (χ2n) is 8.26. The number of ether oxygens (including phenoxy) is 1. The lowest BCUT2D eigenvalue weighted by molar-refractivity contribution is -0.129. The minimum Gasteiger partial charge on any atom is -0.497 e. The van der Waals surface area contributed by atoms with E-state index < -0.39 is 11.9 Å². The number of hydrogen-bond acceptors (Lipinski definition) is 7. The van der Waals surface area contributed by atoms with Crippen LogP contribution in [0, 0.1) is 0 Å². The highest BCUT2D eigenvalue weighted by atomic mass is 16.5. The Bertz CT molecular complexity index is 1320. The van der Waals surface area contributed by atoms with Crippen molar-refractivity contribution in [2.24, 2.45) is 5.73 Å². The number of methoxy groups -OCH3 is 1. The van der Waals surface area contributed by atoms with Crippen LogP contribution in [0.1, 0.15) is 52.0 Å². The molecule has 1 aliphatic rings. The van der Waals surface area contributed by atoms with Gasteiger partial charge in [0.2, 0.25) is 5.91 Å². The van der Waals surface area contributed by atoms with Crippen LogP contribution in [0.15, 0.2) is 55.3 Å². The van der Waals surface area contributed by atoms with Gasteiger partial charge in [-0.1, -0.05) is 18.7 Å². The van der Waals surface area contributed by atoms with Crippen LogP contribution in [0.4, 0.5) is 5.82 Å². The summed E-state index contributed by atoms with van der Waals surface area (Å²) in [5.41, 5.74) is 6.85. The summed E-state index contributed by atoms with van der Waals surface area (Å²) in [4.78, 5) is 47.8. The second kappa shape index (κ2) is 10.3. The maximum Gasteiger partial charge on any atom is 0.269 e. The molecular weight excluding hydrogens is 462 g/mol. The van der Waals surface area contributed by atoms with Gasteiger partial charge in [-0.3, -0.25) is 14.4 Å². The molecule has 3 aromatic rings. The normalized spacial score (nSPS) is 15.2. The summed E-state index contributed by atoms with van der Waals surface area (Å²) in [5, 5.41) is 2.71. The SMILES string of the molecule is C=CC(=O)N1CCCCC1c1nc(-c2ccc(C(=O)Nc3cc(OC)ccn3)cc2)c(C(N)=O)n1N. The third-order valence-electron chi connectivity index (χ3n) is 6.06. The fourth-order valence-electron chi connectivity index (χ4n) is 4.28. The quantitative estimate of drug-likeness (QED) is 0.339. The number of nitrogens with one attached hydrogen (secondary N) is 1. The number of nitrogens with two attached hydrogens (primary N) is 2. The molecule has 0 spiro atoms. The van der Waals surface area contributed by atoms with Crippen molar-refractivity contribution in [3.63, 3.8) is 0 Å². The molecule has 186 valence electrons. The average molecular weight is 490 g/mol. The first-order chi connectivity index (χ1) is 17.3. The van der Waals surface area contributed by atoms with Crippen LogP contribution >= 0.6 is 0 Å². The molecule has 11 nitrogen and oxygen atoms in total. The topological polar surface area (TPSA) is 158 Å². The number of imidazole rings is 1. The number of anilines is 1. The summed E-state index contributed by atoms with van der Waals surface area (Å²) in [6.07, 6.45) is 5.16. The fraction of sp³-hybridized carbons (Fsp3) is 0.240. The first-order valence-corrected chi connectivity index (χ1v) is 11.4.